The Balaban J connectivity index is 1.96. The number of aliphatic hydroxyl groups excluding tert-OH is 1. The maximum absolute atomic E-state index is 13.8. The molecule has 24 heavy (non-hydrogen) atoms. The zero-order chi connectivity index (χ0) is 17.5. The van der Waals surface area contributed by atoms with Gasteiger partial charge >= 0.3 is 11.8 Å². The third kappa shape index (κ3) is 5.03. The maximum atomic E-state index is 13.8. The predicted octanol–water partition coefficient (Wildman–Crippen LogP) is 2.52. The Kier molecular flexibility index (Phi) is 6.73. The molecule has 1 aliphatic carbocycles. The van der Waals surface area contributed by atoms with Crippen molar-refractivity contribution < 1.29 is 19.1 Å². The Morgan fingerprint density at radius 3 is 2.58 bits per heavy atom. The number of hydrogen-bond donors (Lipinski definition) is 3. The van der Waals surface area contributed by atoms with Gasteiger partial charge in [-0.05, 0) is 49.8 Å². The first kappa shape index (κ1) is 18.4. The van der Waals surface area contributed by atoms with E-state index < -0.39 is 17.6 Å². The second-order valence-corrected chi connectivity index (χ2v) is 6.43. The van der Waals surface area contributed by atoms with Crippen molar-refractivity contribution >= 4 is 17.5 Å². The smallest absolute Gasteiger partial charge is 0.313 e. The van der Waals surface area contributed by atoms with Crippen molar-refractivity contribution in [1.29, 1.82) is 0 Å². The molecule has 2 amide bonds. The van der Waals surface area contributed by atoms with Crippen LogP contribution in [0.3, 0.4) is 0 Å². The lowest BCUT2D eigenvalue weighted by Crippen LogP contribution is -2.46. The Bertz CT molecular complexity index is 586. The Hall–Kier alpha value is -1.95. The summed E-state index contributed by atoms with van der Waals surface area (Å²) in [5.41, 5.74) is 0.715. The Morgan fingerprint density at radius 2 is 1.96 bits per heavy atom. The molecule has 1 saturated carbocycles. The van der Waals surface area contributed by atoms with Gasteiger partial charge in [0.05, 0.1) is 5.69 Å². The molecule has 0 radical (unpaired) electrons. The van der Waals surface area contributed by atoms with E-state index >= 15 is 0 Å². The topological polar surface area (TPSA) is 78.4 Å². The normalized spacial score (nSPS) is 16.5. The summed E-state index contributed by atoms with van der Waals surface area (Å²) in [6.07, 6.45) is 5.77. The van der Waals surface area contributed by atoms with Crippen molar-refractivity contribution in [2.45, 2.75) is 51.5 Å². The molecule has 1 unspecified atom stereocenters. The van der Waals surface area contributed by atoms with Gasteiger partial charge in [0.2, 0.25) is 0 Å². The molecule has 1 aliphatic rings. The minimum Gasteiger partial charge on any atom is -0.396 e. The van der Waals surface area contributed by atoms with Crippen LogP contribution in [0.1, 0.15) is 44.1 Å². The number of nitrogens with one attached hydrogen (secondary N) is 2. The van der Waals surface area contributed by atoms with Gasteiger partial charge in [0.15, 0.2) is 0 Å². The van der Waals surface area contributed by atoms with Crippen molar-refractivity contribution in [3.05, 3.63) is 29.6 Å². The number of carbonyl (C=O) groups is 2. The highest BCUT2D eigenvalue weighted by Crippen LogP contribution is 2.27. The highest BCUT2D eigenvalue weighted by Gasteiger charge is 2.27. The fourth-order valence-electron chi connectivity index (χ4n) is 3.24. The SMILES string of the molecule is Cc1ccc(NC(=O)C(=O)NC(CCO)C2CCCCC2)c(F)c1. The van der Waals surface area contributed by atoms with E-state index in [0.29, 0.717) is 6.42 Å². The molecule has 0 heterocycles. The lowest BCUT2D eigenvalue weighted by molar-refractivity contribution is -0.137. The summed E-state index contributed by atoms with van der Waals surface area (Å²) in [6.45, 7) is 1.70. The molecule has 6 heteroatoms. The van der Waals surface area contributed by atoms with E-state index in [1.807, 2.05) is 0 Å². The fraction of sp³-hybridized carbons (Fsp3) is 0.556. The van der Waals surface area contributed by atoms with Gasteiger partial charge in [-0.3, -0.25) is 9.59 Å². The number of anilines is 1. The van der Waals surface area contributed by atoms with Crippen LogP contribution in [0.2, 0.25) is 0 Å². The quantitative estimate of drug-likeness (QED) is 0.723. The van der Waals surface area contributed by atoms with E-state index in [1.165, 1.54) is 18.6 Å². The predicted molar refractivity (Wildman–Crippen MR) is 90.0 cm³/mol. The molecule has 5 nitrogen and oxygen atoms in total. The molecule has 0 bridgehead atoms. The number of amides is 2. The summed E-state index contributed by atoms with van der Waals surface area (Å²) in [5.74, 6) is -1.98. The molecule has 0 aromatic heterocycles. The van der Waals surface area contributed by atoms with E-state index in [0.717, 1.165) is 31.2 Å². The fourth-order valence-corrected chi connectivity index (χ4v) is 3.24. The van der Waals surface area contributed by atoms with E-state index in [9.17, 15) is 19.1 Å². The first-order valence-corrected chi connectivity index (χ1v) is 8.50. The van der Waals surface area contributed by atoms with Gasteiger partial charge < -0.3 is 15.7 Å². The Labute approximate surface area is 141 Å². The van der Waals surface area contributed by atoms with Crippen molar-refractivity contribution in [3.63, 3.8) is 0 Å². The van der Waals surface area contributed by atoms with Gasteiger partial charge in [-0.15, -0.1) is 0 Å². The molecule has 1 atom stereocenters. The molecule has 132 valence electrons. The lowest BCUT2D eigenvalue weighted by Gasteiger charge is -2.30. The molecular formula is C18H25FN2O3. The zero-order valence-electron chi connectivity index (χ0n) is 14.0. The van der Waals surface area contributed by atoms with E-state index in [4.69, 9.17) is 0 Å². The second-order valence-electron chi connectivity index (χ2n) is 6.43. The lowest BCUT2D eigenvalue weighted by atomic mass is 9.82. The summed E-state index contributed by atoms with van der Waals surface area (Å²) in [6, 6.07) is 4.16. The minimum atomic E-state index is -0.892. The molecule has 0 aliphatic heterocycles. The standard InChI is InChI=1S/C18H25FN2O3/c1-12-7-8-16(14(19)11-12)21-18(24)17(23)20-15(9-10-22)13-5-3-2-4-6-13/h7-8,11,13,15,22H,2-6,9-10H2,1H3,(H,20,23)(H,21,24). The number of aliphatic hydroxyl groups is 1. The van der Waals surface area contributed by atoms with Crippen molar-refractivity contribution in [2.24, 2.45) is 5.92 Å². The van der Waals surface area contributed by atoms with Gasteiger partial charge in [-0.2, -0.15) is 0 Å². The highest BCUT2D eigenvalue weighted by atomic mass is 19.1. The van der Waals surface area contributed by atoms with Gasteiger partial charge in [0.25, 0.3) is 0 Å². The van der Waals surface area contributed by atoms with Crippen molar-refractivity contribution in [1.82, 2.24) is 5.32 Å². The second kappa shape index (κ2) is 8.78. The van der Waals surface area contributed by atoms with Crippen LogP contribution in [0.4, 0.5) is 10.1 Å². The average Bonchev–Trinajstić information content (AvgIpc) is 2.57. The number of carbonyl (C=O) groups excluding carboxylic acids is 2. The van der Waals surface area contributed by atoms with Crippen LogP contribution >= 0.6 is 0 Å². The first-order chi connectivity index (χ1) is 11.5. The van der Waals surface area contributed by atoms with Crippen LogP contribution in [0.25, 0.3) is 0 Å². The van der Waals surface area contributed by atoms with Crippen LogP contribution in [0, 0.1) is 18.7 Å². The largest absolute Gasteiger partial charge is 0.396 e. The summed E-state index contributed by atoms with van der Waals surface area (Å²) in [4.78, 5) is 24.1. The molecule has 3 N–H and O–H groups in total. The highest BCUT2D eigenvalue weighted by molar-refractivity contribution is 6.39. The van der Waals surface area contributed by atoms with E-state index in [-0.39, 0.29) is 24.3 Å². The van der Waals surface area contributed by atoms with Gasteiger partial charge in [-0.25, -0.2) is 4.39 Å². The molecule has 2 rings (SSSR count). The van der Waals surface area contributed by atoms with E-state index in [2.05, 4.69) is 10.6 Å². The average molecular weight is 336 g/mol. The van der Waals surface area contributed by atoms with Crippen LogP contribution in [0.5, 0.6) is 0 Å². The molecule has 0 spiro atoms. The monoisotopic (exact) mass is 336 g/mol. The van der Waals surface area contributed by atoms with Gasteiger partial charge in [0.1, 0.15) is 5.82 Å². The summed E-state index contributed by atoms with van der Waals surface area (Å²) < 4.78 is 13.8. The van der Waals surface area contributed by atoms with Crippen LogP contribution in [-0.4, -0.2) is 29.6 Å². The Morgan fingerprint density at radius 1 is 1.25 bits per heavy atom. The molecule has 1 aromatic rings. The van der Waals surface area contributed by atoms with Crippen molar-refractivity contribution in [3.8, 4) is 0 Å². The number of rotatable bonds is 5. The molecule has 1 fully saturated rings. The van der Waals surface area contributed by atoms with E-state index in [1.54, 1.807) is 13.0 Å². The summed E-state index contributed by atoms with van der Waals surface area (Å²) in [5, 5.41) is 14.2. The first-order valence-electron chi connectivity index (χ1n) is 8.50. The van der Waals surface area contributed by atoms with Crippen LogP contribution in [-0.2, 0) is 9.59 Å². The molecule has 0 saturated heterocycles. The van der Waals surface area contributed by atoms with Crippen molar-refractivity contribution in [2.75, 3.05) is 11.9 Å². The van der Waals surface area contributed by atoms with Gasteiger partial charge in [-0.1, -0.05) is 25.3 Å². The third-order valence-corrected chi connectivity index (χ3v) is 4.55. The number of benzene rings is 1. The summed E-state index contributed by atoms with van der Waals surface area (Å²) in [7, 11) is 0. The third-order valence-electron chi connectivity index (χ3n) is 4.55. The minimum absolute atomic E-state index is 0.0166. The van der Waals surface area contributed by atoms with Crippen LogP contribution < -0.4 is 10.6 Å². The molecule has 1 aromatic carbocycles. The number of aryl methyl sites for hydroxylation is 1. The molecular weight excluding hydrogens is 311 g/mol. The van der Waals surface area contributed by atoms with Gasteiger partial charge in [0, 0.05) is 12.6 Å². The number of hydrogen-bond acceptors (Lipinski definition) is 3. The van der Waals surface area contributed by atoms with Crippen LogP contribution in [0.15, 0.2) is 18.2 Å². The zero-order valence-corrected chi connectivity index (χ0v) is 14.0. The summed E-state index contributed by atoms with van der Waals surface area (Å²) >= 11 is 0. The maximum Gasteiger partial charge on any atom is 0.313 e. The number of halogens is 1.